The molecule has 2 N–H and O–H groups in total. The van der Waals surface area contributed by atoms with Gasteiger partial charge in [-0.15, -0.1) is 0 Å². The van der Waals surface area contributed by atoms with Crippen molar-refractivity contribution in [2.45, 2.75) is 37.8 Å². The first-order chi connectivity index (χ1) is 8.08. The van der Waals surface area contributed by atoms with Gasteiger partial charge in [0.2, 0.25) is 0 Å². The van der Waals surface area contributed by atoms with E-state index in [1.165, 1.54) is 7.11 Å². The number of halogens is 2. The van der Waals surface area contributed by atoms with Crippen molar-refractivity contribution in [3.63, 3.8) is 0 Å². The van der Waals surface area contributed by atoms with Gasteiger partial charge in [0.25, 0.3) is 0 Å². The van der Waals surface area contributed by atoms with Crippen LogP contribution in [0.2, 0.25) is 0 Å². The maximum absolute atomic E-state index is 14.0. The predicted molar refractivity (Wildman–Crippen MR) is 61.4 cm³/mol. The van der Waals surface area contributed by atoms with E-state index >= 15 is 0 Å². The van der Waals surface area contributed by atoms with E-state index in [9.17, 15) is 8.78 Å². The van der Waals surface area contributed by atoms with Crippen LogP contribution in [0, 0.1) is 11.6 Å². The molecule has 94 valence electrons. The summed E-state index contributed by atoms with van der Waals surface area (Å²) >= 11 is 0. The van der Waals surface area contributed by atoms with Crippen molar-refractivity contribution < 1.29 is 13.5 Å². The summed E-state index contributed by atoms with van der Waals surface area (Å²) in [5.41, 5.74) is 5.97. The highest BCUT2D eigenvalue weighted by atomic mass is 19.2. The molecule has 1 aromatic carbocycles. The molecular weight excluding hydrogens is 224 g/mol. The first-order valence-corrected chi connectivity index (χ1v) is 5.83. The van der Waals surface area contributed by atoms with Crippen LogP contribution in [0.5, 0.6) is 0 Å². The van der Waals surface area contributed by atoms with Gasteiger partial charge in [-0.2, -0.15) is 0 Å². The van der Waals surface area contributed by atoms with E-state index in [4.69, 9.17) is 10.5 Å². The van der Waals surface area contributed by atoms with E-state index in [0.717, 1.165) is 12.8 Å². The van der Waals surface area contributed by atoms with Crippen LogP contribution in [-0.4, -0.2) is 7.11 Å². The number of benzene rings is 1. The van der Waals surface area contributed by atoms with Crippen LogP contribution in [0.1, 0.15) is 36.8 Å². The van der Waals surface area contributed by atoms with E-state index in [0.29, 0.717) is 18.4 Å². The maximum atomic E-state index is 14.0. The molecule has 1 fully saturated rings. The highest BCUT2D eigenvalue weighted by Gasteiger charge is 2.34. The first-order valence-electron chi connectivity index (χ1n) is 5.83. The molecule has 0 amide bonds. The van der Waals surface area contributed by atoms with Crippen LogP contribution in [0.15, 0.2) is 12.1 Å². The highest BCUT2D eigenvalue weighted by molar-refractivity contribution is 5.32. The van der Waals surface area contributed by atoms with Gasteiger partial charge in [-0.05, 0) is 12.8 Å². The molecule has 2 nitrogen and oxygen atoms in total. The van der Waals surface area contributed by atoms with Crippen molar-refractivity contribution in [2.24, 2.45) is 5.73 Å². The minimum Gasteiger partial charge on any atom is -0.380 e. The molecular formula is C13H17F2NO. The molecule has 1 saturated carbocycles. The molecule has 0 heterocycles. The average Bonchev–Trinajstić information content (AvgIpc) is 2.73. The molecule has 0 bridgehead atoms. The van der Waals surface area contributed by atoms with Crippen LogP contribution < -0.4 is 5.73 Å². The molecule has 0 atom stereocenters. The van der Waals surface area contributed by atoms with Gasteiger partial charge in [0, 0.05) is 23.8 Å². The lowest BCUT2D eigenvalue weighted by Gasteiger charge is -2.25. The number of rotatable bonds is 3. The summed E-state index contributed by atoms with van der Waals surface area (Å²) in [5.74, 6) is -1.65. The fourth-order valence-electron chi connectivity index (χ4n) is 2.52. The fourth-order valence-corrected chi connectivity index (χ4v) is 2.52. The van der Waals surface area contributed by atoms with Crippen LogP contribution in [0.25, 0.3) is 0 Å². The molecule has 0 aliphatic heterocycles. The third kappa shape index (κ3) is 2.19. The number of methoxy groups -OCH3 is 1. The second-order valence-corrected chi connectivity index (χ2v) is 4.70. The van der Waals surface area contributed by atoms with Gasteiger partial charge in [-0.1, -0.05) is 25.0 Å². The zero-order chi connectivity index (χ0) is 12.5. The summed E-state index contributed by atoms with van der Waals surface area (Å²) in [4.78, 5) is 0. The van der Waals surface area contributed by atoms with Gasteiger partial charge >= 0.3 is 0 Å². The van der Waals surface area contributed by atoms with Crippen molar-refractivity contribution in [3.05, 3.63) is 34.9 Å². The molecule has 0 unspecified atom stereocenters. The van der Waals surface area contributed by atoms with Gasteiger partial charge in [0.05, 0.1) is 6.61 Å². The lowest BCUT2D eigenvalue weighted by Crippen LogP contribution is -2.34. The van der Waals surface area contributed by atoms with Crippen molar-refractivity contribution >= 4 is 0 Å². The van der Waals surface area contributed by atoms with Crippen LogP contribution in [0.3, 0.4) is 0 Å². The molecule has 4 heteroatoms. The maximum Gasteiger partial charge on any atom is 0.164 e. The molecule has 0 spiro atoms. The van der Waals surface area contributed by atoms with Crippen molar-refractivity contribution in [1.29, 1.82) is 0 Å². The number of hydrogen-bond acceptors (Lipinski definition) is 2. The first kappa shape index (κ1) is 12.5. The molecule has 1 aliphatic rings. The minimum absolute atomic E-state index is 0.0700. The summed E-state index contributed by atoms with van der Waals surface area (Å²) in [6.07, 6.45) is 3.37. The van der Waals surface area contributed by atoms with Crippen LogP contribution >= 0.6 is 0 Å². The van der Waals surface area contributed by atoms with E-state index in [1.54, 1.807) is 12.1 Å². The number of hydrogen-bond donors (Lipinski definition) is 1. The van der Waals surface area contributed by atoms with Gasteiger partial charge < -0.3 is 10.5 Å². The average molecular weight is 241 g/mol. The SMILES string of the molecule is COCc1ccc(C2(N)CCCC2)c(F)c1F. The van der Waals surface area contributed by atoms with Crippen molar-refractivity contribution in [3.8, 4) is 0 Å². The van der Waals surface area contributed by atoms with Gasteiger partial charge in [0.15, 0.2) is 11.6 Å². The molecule has 1 aliphatic carbocycles. The summed E-state index contributed by atoms with van der Waals surface area (Å²) in [5, 5.41) is 0. The lowest BCUT2D eigenvalue weighted by atomic mass is 9.88. The Bertz CT molecular complexity index is 414. The Morgan fingerprint density at radius 2 is 1.88 bits per heavy atom. The second kappa shape index (κ2) is 4.70. The highest BCUT2D eigenvalue weighted by Crippen LogP contribution is 2.38. The molecule has 0 radical (unpaired) electrons. The quantitative estimate of drug-likeness (QED) is 0.883. The number of nitrogens with two attached hydrogens (primary N) is 1. The molecule has 0 aromatic heterocycles. The van der Waals surface area contributed by atoms with Crippen LogP contribution in [-0.2, 0) is 16.9 Å². The van der Waals surface area contributed by atoms with Gasteiger partial charge in [-0.25, -0.2) is 8.78 Å². The summed E-state index contributed by atoms with van der Waals surface area (Å²) < 4.78 is 32.6. The fraction of sp³-hybridized carbons (Fsp3) is 0.538. The zero-order valence-electron chi connectivity index (χ0n) is 9.93. The van der Waals surface area contributed by atoms with E-state index < -0.39 is 17.2 Å². The van der Waals surface area contributed by atoms with E-state index in [2.05, 4.69) is 0 Å². The summed E-state index contributed by atoms with van der Waals surface area (Å²) in [6, 6.07) is 3.16. The summed E-state index contributed by atoms with van der Waals surface area (Å²) in [7, 11) is 1.45. The Kier molecular flexibility index (Phi) is 3.45. The standard InChI is InChI=1S/C13H17F2NO/c1-17-8-9-4-5-10(12(15)11(9)14)13(16)6-2-3-7-13/h4-5H,2-3,6-8,16H2,1H3. The van der Waals surface area contributed by atoms with Gasteiger partial charge in [0.1, 0.15) is 0 Å². The van der Waals surface area contributed by atoms with E-state index in [-0.39, 0.29) is 12.2 Å². The topological polar surface area (TPSA) is 35.2 Å². The van der Waals surface area contributed by atoms with Crippen molar-refractivity contribution in [1.82, 2.24) is 0 Å². The molecule has 17 heavy (non-hydrogen) atoms. The smallest absolute Gasteiger partial charge is 0.164 e. The minimum atomic E-state index is -0.832. The van der Waals surface area contributed by atoms with E-state index in [1.807, 2.05) is 0 Å². The Labute approximate surface area is 99.8 Å². The Morgan fingerprint density at radius 1 is 1.24 bits per heavy atom. The largest absolute Gasteiger partial charge is 0.380 e. The second-order valence-electron chi connectivity index (χ2n) is 4.70. The summed E-state index contributed by atoms with van der Waals surface area (Å²) in [6.45, 7) is 0.0700. The Morgan fingerprint density at radius 3 is 2.47 bits per heavy atom. The lowest BCUT2D eigenvalue weighted by molar-refractivity contribution is 0.180. The monoisotopic (exact) mass is 241 g/mol. The van der Waals surface area contributed by atoms with Crippen molar-refractivity contribution in [2.75, 3.05) is 7.11 Å². The van der Waals surface area contributed by atoms with Crippen LogP contribution in [0.4, 0.5) is 8.78 Å². The molecule has 1 aromatic rings. The predicted octanol–water partition coefficient (Wildman–Crippen LogP) is 2.84. The third-order valence-corrected chi connectivity index (χ3v) is 3.49. The molecule has 2 rings (SSSR count). The normalized spacial score (nSPS) is 18.6. The molecule has 0 saturated heterocycles. The van der Waals surface area contributed by atoms with Gasteiger partial charge in [-0.3, -0.25) is 0 Å². The Balaban J connectivity index is 2.40. The number of ether oxygens (including phenoxy) is 1. The Hall–Kier alpha value is -1.00. The third-order valence-electron chi connectivity index (χ3n) is 3.49. The zero-order valence-corrected chi connectivity index (χ0v) is 9.93.